The zero-order valence-electron chi connectivity index (χ0n) is 10.1. The average Bonchev–Trinajstić information content (AvgIpc) is 2.28. The lowest BCUT2D eigenvalue weighted by atomic mass is 10.1. The number of carboxylic acid groups (broad SMARTS) is 1. The minimum absolute atomic E-state index is 0.0712. The van der Waals surface area contributed by atoms with Crippen LogP contribution in [0.3, 0.4) is 0 Å². The molecule has 7 heteroatoms. The number of methoxy groups -OCH3 is 1. The van der Waals surface area contributed by atoms with Gasteiger partial charge in [0.2, 0.25) is 10.0 Å². The molecule has 0 atom stereocenters. The summed E-state index contributed by atoms with van der Waals surface area (Å²) in [6, 6.07) is 4.37. The van der Waals surface area contributed by atoms with Gasteiger partial charge in [-0.25, -0.2) is 13.2 Å². The molecule has 2 N–H and O–H groups in total. The highest BCUT2D eigenvalue weighted by Gasteiger charge is 2.13. The molecule has 0 amide bonds. The van der Waals surface area contributed by atoms with Crippen molar-refractivity contribution in [3.63, 3.8) is 0 Å². The quantitative estimate of drug-likeness (QED) is 0.809. The van der Waals surface area contributed by atoms with Crippen LogP contribution in [0.15, 0.2) is 18.2 Å². The Balaban J connectivity index is 2.92. The summed E-state index contributed by atoms with van der Waals surface area (Å²) >= 11 is 0. The van der Waals surface area contributed by atoms with Gasteiger partial charge in [0.25, 0.3) is 0 Å². The maximum atomic E-state index is 11.6. The number of nitrogens with one attached hydrogen (secondary N) is 1. The third kappa shape index (κ3) is 4.01. The van der Waals surface area contributed by atoms with Crippen molar-refractivity contribution in [2.75, 3.05) is 24.2 Å². The van der Waals surface area contributed by atoms with Crippen molar-refractivity contribution in [1.82, 2.24) is 0 Å². The van der Waals surface area contributed by atoms with Gasteiger partial charge in [0.1, 0.15) is 0 Å². The number of carbonyl (C=O) groups is 1. The summed E-state index contributed by atoms with van der Waals surface area (Å²) in [6.07, 6.45) is 0. The monoisotopic (exact) mass is 273 g/mol. The lowest BCUT2D eigenvalue weighted by molar-refractivity contribution is 0.0696. The molecule has 0 fully saturated rings. The molecule has 0 radical (unpaired) electrons. The second kappa shape index (κ2) is 5.83. The molecular formula is C11H15NO5S. The van der Waals surface area contributed by atoms with Crippen molar-refractivity contribution in [1.29, 1.82) is 0 Å². The number of aryl methyl sites for hydroxylation is 1. The van der Waals surface area contributed by atoms with Gasteiger partial charge in [0, 0.05) is 12.8 Å². The van der Waals surface area contributed by atoms with Gasteiger partial charge in [-0.3, -0.25) is 4.72 Å². The summed E-state index contributed by atoms with van der Waals surface area (Å²) in [6.45, 7) is 1.72. The Hall–Kier alpha value is -1.60. The van der Waals surface area contributed by atoms with Gasteiger partial charge < -0.3 is 9.84 Å². The summed E-state index contributed by atoms with van der Waals surface area (Å²) in [4.78, 5) is 10.9. The van der Waals surface area contributed by atoms with Gasteiger partial charge in [-0.2, -0.15) is 0 Å². The number of benzene rings is 1. The first-order chi connectivity index (χ1) is 8.35. The molecule has 0 aliphatic rings. The second-order valence-corrected chi connectivity index (χ2v) is 5.59. The molecule has 0 aliphatic carbocycles. The summed E-state index contributed by atoms with van der Waals surface area (Å²) < 4.78 is 30.2. The number of hydrogen-bond donors (Lipinski definition) is 2. The van der Waals surface area contributed by atoms with E-state index in [1.165, 1.54) is 19.2 Å². The van der Waals surface area contributed by atoms with E-state index in [-0.39, 0.29) is 23.6 Å². The number of rotatable bonds is 6. The van der Waals surface area contributed by atoms with Gasteiger partial charge in [0.05, 0.1) is 17.9 Å². The van der Waals surface area contributed by atoms with E-state index in [1.54, 1.807) is 13.0 Å². The lowest BCUT2D eigenvalue weighted by Crippen LogP contribution is -2.20. The van der Waals surface area contributed by atoms with Crippen LogP contribution in [0.2, 0.25) is 0 Å². The molecule has 6 nitrogen and oxygen atoms in total. The normalized spacial score (nSPS) is 11.2. The first-order valence-electron chi connectivity index (χ1n) is 5.19. The summed E-state index contributed by atoms with van der Waals surface area (Å²) in [5.74, 6) is -1.27. The van der Waals surface area contributed by atoms with E-state index in [0.717, 1.165) is 0 Å². The van der Waals surface area contributed by atoms with Crippen LogP contribution in [0.4, 0.5) is 5.69 Å². The predicted molar refractivity (Wildman–Crippen MR) is 67.4 cm³/mol. The van der Waals surface area contributed by atoms with Gasteiger partial charge in [-0.15, -0.1) is 0 Å². The molecule has 18 heavy (non-hydrogen) atoms. The topological polar surface area (TPSA) is 92.7 Å². The first kappa shape index (κ1) is 14.5. The Bertz CT molecular complexity index is 538. The molecular weight excluding hydrogens is 258 g/mol. The van der Waals surface area contributed by atoms with Crippen LogP contribution < -0.4 is 4.72 Å². The Labute approximate surface area is 106 Å². The zero-order valence-corrected chi connectivity index (χ0v) is 11.0. The van der Waals surface area contributed by atoms with Crippen molar-refractivity contribution >= 4 is 21.7 Å². The molecule has 0 unspecified atom stereocenters. The number of hydrogen-bond acceptors (Lipinski definition) is 4. The smallest absolute Gasteiger partial charge is 0.336 e. The third-order valence-electron chi connectivity index (χ3n) is 2.30. The number of aromatic carboxylic acids is 1. The largest absolute Gasteiger partial charge is 0.478 e. The van der Waals surface area contributed by atoms with Gasteiger partial charge in [-0.1, -0.05) is 6.07 Å². The van der Waals surface area contributed by atoms with E-state index in [9.17, 15) is 13.2 Å². The fourth-order valence-corrected chi connectivity index (χ4v) is 2.31. The molecule has 0 saturated carbocycles. The maximum absolute atomic E-state index is 11.6. The molecule has 0 spiro atoms. The fourth-order valence-electron chi connectivity index (χ4n) is 1.34. The molecule has 1 rings (SSSR count). The highest BCUT2D eigenvalue weighted by Crippen LogP contribution is 2.16. The minimum Gasteiger partial charge on any atom is -0.478 e. The maximum Gasteiger partial charge on any atom is 0.336 e. The molecule has 1 aromatic rings. The Morgan fingerprint density at radius 1 is 1.44 bits per heavy atom. The predicted octanol–water partition coefficient (Wildman–Crippen LogP) is 1.08. The molecule has 0 saturated heterocycles. The first-order valence-corrected chi connectivity index (χ1v) is 6.84. The molecule has 100 valence electrons. The highest BCUT2D eigenvalue weighted by atomic mass is 32.2. The van der Waals surface area contributed by atoms with Crippen LogP contribution in [-0.2, 0) is 14.8 Å². The van der Waals surface area contributed by atoms with Gasteiger partial charge in [0.15, 0.2) is 0 Å². The van der Waals surface area contributed by atoms with Crippen LogP contribution in [0.1, 0.15) is 15.9 Å². The van der Waals surface area contributed by atoms with E-state index in [0.29, 0.717) is 5.56 Å². The van der Waals surface area contributed by atoms with E-state index in [1.807, 2.05) is 0 Å². The van der Waals surface area contributed by atoms with E-state index in [4.69, 9.17) is 5.11 Å². The van der Waals surface area contributed by atoms with Crippen LogP contribution in [0.5, 0.6) is 0 Å². The summed E-state index contributed by atoms with van der Waals surface area (Å²) in [5.41, 5.74) is 0.874. The van der Waals surface area contributed by atoms with Gasteiger partial charge in [-0.05, 0) is 24.6 Å². The Morgan fingerprint density at radius 2 is 2.11 bits per heavy atom. The third-order valence-corrected chi connectivity index (χ3v) is 3.55. The Kier molecular flexibility index (Phi) is 4.69. The number of sulfonamides is 1. The Morgan fingerprint density at radius 3 is 2.67 bits per heavy atom. The zero-order chi connectivity index (χ0) is 13.8. The van der Waals surface area contributed by atoms with Crippen molar-refractivity contribution in [2.45, 2.75) is 6.92 Å². The van der Waals surface area contributed by atoms with Crippen LogP contribution in [0.25, 0.3) is 0 Å². The van der Waals surface area contributed by atoms with Gasteiger partial charge >= 0.3 is 5.97 Å². The second-order valence-electron chi connectivity index (χ2n) is 3.75. The molecule has 0 bridgehead atoms. The molecule has 1 aromatic carbocycles. The fraction of sp³-hybridized carbons (Fsp3) is 0.364. The van der Waals surface area contributed by atoms with Crippen molar-refractivity contribution < 1.29 is 23.1 Å². The van der Waals surface area contributed by atoms with Crippen molar-refractivity contribution in [3.05, 3.63) is 29.3 Å². The number of ether oxygens (including phenoxy) is 1. The van der Waals surface area contributed by atoms with Crippen molar-refractivity contribution in [2.24, 2.45) is 0 Å². The molecule has 0 aromatic heterocycles. The average molecular weight is 273 g/mol. The number of anilines is 1. The SMILES string of the molecule is COCCS(=O)(=O)Nc1ccc(C)c(C(=O)O)c1. The summed E-state index contributed by atoms with van der Waals surface area (Å²) in [7, 11) is -2.11. The lowest BCUT2D eigenvalue weighted by Gasteiger charge is -2.09. The van der Waals surface area contributed by atoms with E-state index < -0.39 is 16.0 Å². The number of carboxylic acids is 1. The van der Waals surface area contributed by atoms with Crippen LogP contribution in [0, 0.1) is 6.92 Å². The van der Waals surface area contributed by atoms with Crippen LogP contribution in [-0.4, -0.2) is 39.0 Å². The highest BCUT2D eigenvalue weighted by molar-refractivity contribution is 7.92. The standard InChI is InChI=1S/C11H15NO5S/c1-8-3-4-9(7-10(8)11(13)14)12-18(15,16)6-5-17-2/h3-4,7,12H,5-6H2,1-2H3,(H,13,14). The van der Waals surface area contributed by atoms with E-state index in [2.05, 4.69) is 9.46 Å². The minimum atomic E-state index is -3.52. The molecule has 0 aliphatic heterocycles. The van der Waals surface area contributed by atoms with Crippen molar-refractivity contribution in [3.8, 4) is 0 Å². The van der Waals surface area contributed by atoms with E-state index >= 15 is 0 Å². The molecule has 0 heterocycles. The van der Waals surface area contributed by atoms with Crippen LogP contribution >= 0.6 is 0 Å². The summed E-state index contributed by atoms with van der Waals surface area (Å²) in [5, 5.41) is 8.93.